The maximum atomic E-state index is 13.2. The lowest BCUT2D eigenvalue weighted by Crippen LogP contribution is -2.22. The maximum Gasteiger partial charge on any atom is 0.250 e. The standard InChI is InChI=1S/C27H22ClN3O4/c1-27(2,3)25(34)24-23(30-21(33)14-32)20-12-19(15-8-10-17(28)11-9-15)22(31-26(20)35-24)18-7-5-4-6-16(18)13-29/h4-12,32H,14H2,1-3H3,(H,30,33). The van der Waals surface area contributed by atoms with Gasteiger partial charge in [-0.2, -0.15) is 5.26 Å². The molecule has 0 fully saturated rings. The second-order valence-corrected chi connectivity index (χ2v) is 9.43. The molecule has 0 spiro atoms. The zero-order chi connectivity index (χ0) is 25.3. The summed E-state index contributed by atoms with van der Waals surface area (Å²) in [7, 11) is 0. The molecule has 0 aliphatic rings. The number of nitrogens with one attached hydrogen (secondary N) is 1. The van der Waals surface area contributed by atoms with Crippen LogP contribution in [0.3, 0.4) is 0 Å². The van der Waals surface area contributed by atoms with Crippen molar-refractivity contribution in [1.82, 2.24) is 4.98 Å². The zero-order valence-corrected chi connectivity index (χ0v) is 20.1. The first kappa shape index (κ1) is 24.1. The molecule has 0 bridgehead atoms. The van der Waals surface area contributed by atoms with Gasteiger partial charge < -0.3 is 14.8 Å². The highest BCUT2D eigenvalue weighted by atomic mass is 35.5. The molecular weight excluding hydrogens is 466 g/mol. The van der Waals surface area contributed by atoms with E-state index in [1.165, 1.54) is 0 Å². The van der Waals surface area contributed by atoms with Gasteiger partial charge in [-0.25, -0.2) is 4.98 Å². The minimum Gasteiger partial charge on any atom is -0.432 e. The van der Waals surface area contributed by atoms with Crippen LogP contribution in [-0.2, 0) is 4.79 Å². The number of carbonyl (C=O) groups is 2. The molecule has 2 aromatic heterocycles. The SMILES string of the molecule is CC(C)(C)C(=O)c1oc2nc(-c3ccccc3C#N)c(-c3ccc(Cl)cc3)cc2c1NC(=O)CO. The minimum atomic E-state index is -0.804. The van der Waals surface area contributed by atoms with Gasteiger partial charge in [-0.05, 0) is 29.8 Å². The summed E-state index contributed by atoms with van der Waals surface area (Å²) in [6.45, 7) is 4.45. The van der Waals surface area contributed by atoms with Crippen LogP contribution in [-0.4, -0.2) is 28.4 Å². The first-order valence-corrected chi connectivity index (χ1v) is 11.2. The number of benzene rings is 2. The summed E-state index contributed by atoms with van der Waals surface area (Å²) in [5.41, 5.74) is 2.34. The number of pyridine rings is 1. The van der Waals surface area contributed by atoms with Crippen LogP contribution in [0.15, 0.2) is 59.0 Å². The number of fused-ring (bicyclic) bond motifs is 1. The summed E-state index contributed by atoms with van der Waals surface area (Å²) in [4.78, 5) is 30.0. The third-order valence-corrected chi connectivity index (χ3v) is 5.69. The highest BCUT2D eigenvalue weighted by molar-refractivity contribution is 6.30. The Morgan fingerprint density at radius 2 is 1.80 bits per heavy atom. The van der Waals surface area contributed by atoms with E-state index in [4.69, 9.17) is 21.0 Å². The van der Waals surface area contributed by atoms with Crippen molar-refractivity contribution >= 4 is 40.1 Å². The van der Waals surface area contributed by atoms with E-state index in [2.05, 4.69) is 11.4 Å². The maximum absolute atomic E-state index is 13.2. The molecule has 8 heteroatoms. The number of nitriles is 1. The zero-order valence-electron chi connectivity index (χ0n) is 19.3. The molecule has 7 nitrogen and oxygen atoms in total. The van der Waals surface area contributed by atoms with Crippen LogP contribution in [0.5, 0.6) is 0 Å². The van der Waals surface area contributed by atoms with Crippen molar-refractivity contribution in [1.29, 1.82) is 5.26 Å². The number of aliphatic hydroxyl groups is 1. The van der Waals surface area contributed by atoms with Crippen molar-refractivity contribution in [3.8, 4) is 28.5 Å². The lowest BCUT2D eigenvalue weighted by molar-refractivity contribution is -0.118. The molecule has 4 aromatic rings. The number of anilines is 1. The number of nitrogens with zero attached hydrogens (tertiary/aromatic N) is 2. The molecule has 0 radical (unpaired) electrons. The molecule has 0 atom stereocenters. The number of aliphatic hydroxyl groups excluding tert-OH is 1. The van der Waals surface area contributed by atoms with E-state index in [1.54, 1.807) is 63.2 Å². The number of furan rings is 1. The predicted molar refractivity (Wildman–Crippen MR) is 134 cm³/mol. The first-order valence-electron chi connectivity index (χ1n) is 10.8. The van der Waals surface area contributed by atoms with Crippen molar-refractivity contribution in [2.75, 3.05) is 11.9 Å². The van der Waals surface area contributed by atoms with Crippen LogP contribution >= 0.6 is 11.6 Å². The van der Waals surface area contributed by atoms with Gasteiger partial charge in [0.05, 0.1) is 22.7 Å². The monoisotopic (exact) mass is 487 g/mol. The van der Waals surface area contributed by atoms with Crippen LogP contribution in [0.1, 0.15) is 36.9 Å². The van der Waals surface area contributed by atoms with Gasteiger partial charge in [-0.15, -0.1) is 0 Å². The number of amides is 1. The topological polar surface area (TPSA) is 116 Å². The van der Waals surface area contributed by atoms with Gasteiger partial charge in [0.25, 0.3) is 0 Å². The molecule has 0 unspecified atom stereocenters. The molecule has 0 aliphatic heterocycles. The Balaban J connectivity index is 2.09. The molecule has 2 aromatic carbocycles. The number of ketones is 1. The van der Waals surface area contributed by atoms with Gasteiger partial charge in [0, 0.05) is 21.6 Å². The largest absolute Gasteiger partial charge is 0.432 e. The van der Waals surface area contributed by atoms with E-state index in [0.717, 1.165) is 5.56 Å². The molecule has 0 saturated carbocycles. The van der Waals surface area contributed by atoms with Gasteiger partial charge in [-0.1, -0.05) is 62.7 Å². The summed E-state index contributed by atoms with van der Waals surface area (Å²) in [6, 6.07) is 18.1. The summed E-state index contributed by atoms with van der Waals surface area (Å²) < 4.78 is 5.92. The van der Waals surface area contributed by atoms with Crippen LogP contribution in [0, 0.1) is 16.7 Å². The molecule has 2 heterocycles. The molecule has 0 saturated heterocycles. The predicted octanol–water partition coefficient (Wildman–Crippen LogP) is 5.85. The fourth-order valence-corrected chi connectivity index (χ4v) is 3.79. The molecule has 2 N–H and O–H groups in total. The van der Waals surface area contributed by atoms with Crippen molar-refractivity contribution in [2.24, 2.45) is 5.41 Å². The van der Waals surface area contributed by atoms with Crippen molar-refractivity contribution in [2.45, 2.75) is 20.8 Å². The average Bonchev–Trinajstić information content (AvgIpc) is 3.19. The number of Topliss-reactive ketones (excluding diaryl/α,β-unsaturated/α-hetero) is 1. The van der Waals surface area contributed by atoms with E-state index < -0.39 is 17.9 Å². The van der Waals surface area contributed by atoms with Gasteiger partial charge in [-0.3, -0.25) is 9.59 Å². The number of hydrogen-bond acceptors (Lipinski definition) is 6. The summed E-state index contributed by atoms with van der Waals surface area (Å²) >= 11 is 6.10. The Kier molecular flexibility index (Phi) is 6.44. The minimum absolute atomic E-state index is 0.0606. The second-order valence-electron chi connectivity index (χ2n) is 8.99. The van der Waals surface area contributed by atoms with Crippen molar-refractivity contribution in [3.63, 3.8) is 0 Å². The molecule has 0 aliphatic carbocycles. The summed E-state index contributed by atoms with van der Waals surface area (Å²) in [5, 5.41) is 22.5. The van der Waals surface area contributed by atoms with Crippen LogP contribution in [0.25, 0.3) is 33.5 Å². The highest BCUT2D eigenvalue weighted by Crippen LogP contribution is 2.41. The molecule has 35 heavy (non-hydrogen) atoms. The fourth-order valence-electron chi connectivity index (χ4n) is 3.67. The van der Waals surface area contributed by atoms with Gasteiger partial charge in [0.1, 0.15) is 12.3 Å². The van der Waals surface area contributed by atoms with Crippen LogP contribution < -0.4 is 5.32 Å². The number of hydrogen-bond donors (Lipinski definition) is 2. The van der Waals surface area contributed by atoms with E-state index in [1.807, 2.05) is 12.1 Å². The lowest BCUT2D eigenvalue weighted by atomic mass is 9.88. The Labute approximate surface area is 207 Å². The van der Waals surface area contributed by atoms with Gasteiger partial charge in [0.15, 0.2) is 5.76 Å². The van der Waals surface area contributed by atoms with E-state index >= 15 is 0 Å². The normalized spacial score (nSPS) is 11.3. The van der Waals surface area contributed by atoms with E-state index in [-0.39, 0.29) is 22.9 Å². The summed E-state index contributed by atoms with van der Waals surface area (Å²) in [6.07, 6.45) is 0. The Hall–Kier alpha value is -3.99. The molecule has 1 amide bonds. The molecule has 4 rings (SSSR count). The quantitative estimate of drug-likeness (QED) is 0.341. The van der Waals surface area contributed by atoms with E-state index in [0.29, 0.717) is 32.8 Å². The second kappa shape index (κ2) is 9.34. The number of halogens is 1. The molecule has 176 valence electrons. The Bertz CT molecular complexity index is 1490. The highest BCUT2D eigenvalue weighted by Gasteiger charge is 2.32. The number of rotatable bonds is 5. The third kappa shape index (κ3) is 4.67. The fraction of sp³-hybridized carbons (Fsp3) is 0.185. The smallest absolute Gasteiger partial charge is 0.250 e. The molecular formula is C27H22ClN3O4. The Morgan fingerprint density at radius 3 is 2.43 bits per heavy atom. The average molecular weight is 488 g/mol. The van der Waals surface area contributed by atoms with Crippen molar-refractivity contribution in [3.05, 3.63) is 70.9 Å². The van der Waals surface area contributed by atoms with Crippen LogP contribution in [0.2, 0.25) is 5.02 Å². The lowest BCUT2D eigenvalue weighted by Gasteiger charge is -2.15. The van der Waals surface area contributed by atoms with Crippen LogP contribution in [0.4, 0.5) is 5.69 Å². The first-order chi connectivity index (χ1) is 16.6. The third-order valence-electron chi connectivity index (χ3n) is 5.44. The van der Waals surface area contributed by atoms with Gasteiger partial charge >= 0.3 is 0 Å². The van der Waals surface area contributed by atoms with Crippen molar-refractivity contribution < 1.29 is 19.1 Å². The summed E-state index contributed by atoms with van der Waals surface area (Å²) in [5.74, 6) is -1.09. The van der Waals surface area contributed by atoms with E-state index in [9.17, 15) is 20.0 Å². The Morgan fingerprint density at radius 1 is 1.11 bits per heavy atom. The van der Waals surface area contributed by atoms with Gasteiger partial charge in [0.2, 0.25) is 17.4 Å². The number of aromatic nitrogens is 1. The number of carbonyl (C=O) groups excluding carboxylic acids is 2.